The normalized spacial score (nSPS) is 11.2. The minimum Gasteiger partial charge on any atom is -0.351 e. The molecule has 3 heterocycles. The lowest BCUT2D eigenvalue weighted by Crippen LogP contribution is -2.09. The van der Waals surface area contributed by atoms with Gasteiger partial charge in [-0.15, -0.1) is 10.2 Å². The van der Waals surface area contributed by atoms with Crippen LogP contribution >= 0.6 is 11.8 Å². The number of hydrogen-bond donors (Lipinski definition) is 0. The van der Waals surface area contributed by atoms with Gasteiger partial charge in [0.2, 0.25) is 0 Å². The lowest BCUT2D eigenvalue weighted by molar-refractivity contribution is 0.102. The van der Waals surface area contributed by atoms with Crippen molar-refractivity contribution in [1.29, 1.82) is 0 Å². The molecule has 0 aliphatic heterocycles. The van der Waals surface area contributed by atoms with E-state index in [1.165, 1.54) is 22.9 Å². The summed E-state index contributed by atoms with van der Waals surface area (Å²) < 4.78 is 4.15. The van der Waals surface area contributed by atoms with Crippen LogP contribution in [0.25, 0.3) is 17.1 Å². The summed E-state index contributed by atoms with van der Waals surface area (Å²) in [5.74, 6) is 1.13. The third-order valence-corrected chi connectivity index (χ3v) is 7.08. The number of aromatic nitrogens is 5. The van der Waals surface area contributed by atoms with Crippen LogP contribution in [-0.4, -0.2) is 35.9 Å². The van der Waals surface area contributed by atoms with E-state index in [9.17, 15) is 4.79 Å². The monoisotopic (exact) mass is 459 g/mol. The number of rotatable bonds is 8. The Bertz CT molecular complexity index is 1270. The van der Waals surface area contributed by atoms with Crippen LogP contribution in [0.3, 0.4) is 0 Å². The molecule has 0 amide bonds. The van der Waals surface area contributed by atoms with Gasteiger partial charge in [0.15, 0.2) is 16.8 Å². The third kappa shape index (κ3) is 4.37. The van der Waals surface area contributed by atoms with Gasteiger partial charge in [0.25, 0.3) is 0 Å². The standard InChI is InChI=1S/C26H29N5OS/c1-6-19-10-8-11-20(7-2)24(19)31-25(21-12-9-13-27-15-21)28-29-26(31)33-16-23(32)22-14-17(3)30(5)18(22)4/h8-15H,6-7,16H2,1-5H3. The van der Waals surface area contributed by atoms with Gasteiger partial charge in [0.1, 0.15) is 0 Å². The van der Waals surface area contributed by atoms with E-state index in [0.29, 0.717) is 10.9 Å². The molecule has 4 aromatic rings. The van der Waals surface area contributed by atoms with Crippen molar-refractivity contribution in [2.75, 3.05) is 5.75 Å². The lowest BCUT2D eigenvalue weighted by atomic mass is 10.0. The van der Waals surface area contributed by atoms with E-state index >= 15 is 0 Å². The number of carbonyl (C=O) groups excluding carboxylic acids is 1. The molecule has 0 N–H and O–H groups in total. The molecule has 0 saturated heterocycles. The van der Waals surface area contributed by atoms with Crippen LogP contribution in [0, 0.1) is 13.8 Å². The van der Waals surface area contributed by atoms with Gasteiger partial charge in [-0.05, 0) is 56.0 Å². The molecule has 0 saturated carbocycles. The molecule has 4 rings (SSSR count). The summed E-state index contributed by atoms with van der Waals surface area (Å²) in [6.45, 7) is 8.31. The van der Waals surface area contributed by atoms with Gasteiger partial charge in [0.05, 0.1) is 11.4 Å². The van der Waals surface area contributed by atoms with Gasteiger partial charge in [-0.25, -0.2) is 0 Å². The Hall–Kier alpha value is -3.19. The Balaban J connectivity index is 1.78. The first-order valence-electron chi connectivity index (χ1n) is 11.2. The number of ketones is 1. The molecule has 1 aromatic carbocycles. The van der Waals surface area contributed by atoms with E-state index in [2.05, 4.69) is 51.8 Å². The number of pyridine rings is 1. The van der Waals surface area contributed by atoms with Crippen molar-refractivity contribution in [3.8, 4) is 17.1 Å². The quantitative estimate of drug-likeness (QED) is 0.261. The predicted molar refractivity (Wildman–Crippen MR) is 133 cm³/mol. The fourth-order valence-electron chi connectivity index (χ4n) is 4.09. The van der Waals surface area contributed by atoms with Crippen molar-refractivity contribution >= 4 is 17.5 Å². The number of carbonyl (C=O) groups is 1. The van der Waals surface area contributed by atoms with Crippen LogP contribution in [0.4, 0.5) is 0 Å². The predicted octanol–water partition coefficient (Wildman–Crippen LogP) is 5.38. The maximum atomic E-state index is 13.1. The smallest absolute Gasteiger partial charge is 0.196 e. The van der Waals surface area contributed by atoms with Crippen molar-refractivity contribution in [2.24, 2.45) is 7.05 Å². The molecule has 0 atom stereocenters. The molecule has 0 radical (unpaired) electrons. The van der Waals surface area contributed by atoms with Gasteiger partial charge in [-0.1, -0.05) is 43.8 Å². The molecule has 7 heteroatoms. The van der Waals surface area contributed by atoms with E-state index in [1.54, 1.807) is 12.4 Å². The van der Waals surface area contributed by atoms with Crippen LogP contribution < -0.4 is 0 Å². The summed E-state index contributed by atoms with van der Waals surface area (Å²) in [6, 6.07) is 12.3. The number of Topliss-reactive ketones (excluding diaryl/α,β-unsaturated/α-hetero) is 1. The highest BCUT2D eigenvalue weighted by Gasteiger charge is 2.22. The summed E-state index contributed by atoms with van der Waals surface area (Å²) in [4.78, 5) is 17.4. The van der Waals surface area contributed by atoms with Gasteiger partial charge < -0.3 is 4.57 Å². The maximum absolute atomic E-state index is 13.1. The van der Waals surface area contributed by atoms with Crippen molar-refractivity contribution in [3.63, 3.8) is 0 Å². The lowest BCUT2D eigenvalue weighted by Gasteiger charge is -2.17. The van der Waals surface area contributed by atoms with E-state index in [4.69, 9.17) is 0 Å². The maximum Gasteiger partial charge on any atom is 0.196 e. The first-order chi connectivity index (χ1) is 16.0. The van der Waals surface area contributed by atoms with E-state index in [0.717, 1.165) is 46.9 Å². The Kier molecular flexibility index (Phi) is 6.79. The van der Waals surface area contributed by atoms with Crippen molar-refractivity contribution in [1.82, 2.24) is 24.3 Å². The highest BCUT2D eigenvalue weighted by molar-refractivity contribution is 7.99. The van der Waals surface area contributed by atoms with Gasteiger partial charge >= 0.3 is 0 Å². The highest BCUT2D eigenvalue weighted by Crippen LogP contribution is 2.32. The average Bonchev–Trinajstić information content (AvgIpc) is 3.38. The first-order valence-corrected chi connectivity index (χ1v) is 12.2. The molecule has 0 aliphatic rings. The van der Waals surface area contributed by atoms with Crippen LogP contribution in [0.5, 0.6) is 0 Å². The third-order valence-electron chi connectivity index (χ3n) is 6.15. The molecule has 0 unspecified atom stereocenters. The fourth-order valence-corrected chi connectivity index (χ4v) is 4.92. The molecule has 33 heavy (non-hydrogen) atoms. The second-order valence-electron chi connectivity index (χ2n) is 8.07. The Morgan fingerprint density at radius 3 is 2.33 bits per heavy atom. The number of nitrogens with zero attached hydrogens (tertiary/aromatic N) is 5. The number of para-hydroxylation sites is 1. The van der Waals surface area contributed by atoms with Gasteiger partial charge in [0, 0.05) is 42.0 Å². The number of hydrogen-bond acceptors (Lipinski definition) is 5. The zero-order chi connectivity index (χ0) is 23.5. The zero-order valence-electron chi connectivity index (χ0n) is 19.8. The molecule has 0 spiro atoms. The molecular weight excluding hydrogens is 430 g/mol. The van der Waals surface area contributed by atoms with E-state index < -0.39 is 0 Å². The second kappa shape index (κ2) is 9.75. The van der Waals surface area contributed by atoms with Crippen molar-refractivity contribution in [3.05, 3.63) is 76.9 Å². The molecule has 170 valence electrons. The molecule has 0 fully saturated rings. The van der Waals surface area contributed by atoms with Gasteiger partial charge in [-0.2, -0.15) is 0 Å². The summed E-state index contributed by atoms with van der Waals surface area (Å²) in [5.41, 5.74) is 7.28. The topological polar surface area (TPSA) is 65.6 Å². The number of thioether (sulfide) groups is 1. The first kappa shape index (κ1) is 23.0. The summed E-state index contributed by atoms with van der Waals surface area (Å²) >= 11 is 1.43. The zero-order valence-corrected chi connectivity index (χ0v) is 20.6. The van der Waals surface area contributed by atoms with Crippen LogP contribution in [0.15, 0.2) is 53.9 Å². The minimum atomic E-state index is 0.0955. The van der Waals surface area contributed by atoms with Crippen molar-refractivity contribution < 1.29 is 4.79 Å². The number of benzene rings is 1. The van der Waals surface area contributed by atoms with Crippen molar-refractivity contribution in [2.45, 2.75) is 45.7 Å². The second-order valence-corrected chi connectivity index (χ2v) is 9.01. The Morgan fingerprint density at radius 1 is 1.03 bits per heavy atom. The molecular formula is C26H29N5OS. The van der Waals surface area contributed by atoms with Crippen LogP contribution in [0.1, 0.15) is 46.7 Å². The van der Waals surface area contributed by atoms with E-state index in [-0.39, 0.29) is 5.78 Å². The summed E-state index contributed by atoms with van der Waals surface area (Å²) in [6.07, 6.45) is 5.33. The minimum absolute atomic E-state index is 0.0955. The van der Waals surface area contributed by atoms with Crippen LogP contribution in [-0.2, 0) is 19.9 Å². The fraction of sp³-hybridized carbons (Fsp3) is 0.308. The Morgan fingerprint density at radius 2 is 1.76 bits per heavy atom. The Labute approximate surface area is 199 Å². The summed E-state index contributed by atoms with van der Waals surface area (Å²) in [7, 11) is 1.99. The summed E-state index contributed by atoms with van der Waals surface area (Å²) in [5, 5.41) is 9.77. The largest absolute Gasteiger partial charge is 0.351 e. The van der Waals surface area contributed by atoms with Gasteiger partial charge in [-0.3, -0.25) is 14.3 Å². The molecule has 6 nitrogen and oxygen atoms in total. The average molecular weight is 460 g/mol. The molecule has 3 aromatic heterocycles. The molecule has 0 bridgehead atoms. The van der Waals surface area contributed by atoms with Crippen LogP contribution in [0.2, 0.25) is 0 Å². The highest BCUT2D eigenvalue weighted by atomic mass is 32.2. The SMILES string of the molecule is CCc1cccc(CC)c1-n1c(SCC(=O)c2cc(C)n(C)c2C)nnc1-c1cccnc1. The molecule has 0 aliphatic carbocycles. The van der Waals surface area contributed by atoms with E-state index in [1.807, 2.05) is 43.7 Å². The number of aryl methyl sites for hydroxylation is 3.